The molecule has 3 heteroatoms. The highest BCUT2D eigenvalue weighted by Gasteiger charge is 2.15. The van der Waals surface area contributed by atoms with Crippen molar-refractivity contribution in [3.8, 4) is 0 Å². The molecule has 0 saturated heterocycles. The monoisotopic (exact) mass is 215 g/mol. The fourth-order valence-electron chi connectivity index (χ4n) is 1.89. The van der Waals surface area contributed by atoms with Crippen molar-refractivity contribution in [1.29, 1.82) is 0 Å². The summed E-state index contributed by atoms with van der Waals surface area (Å²) in [7, 11) is 0. The zero-order chi connectivity index (χ0) is 11.5. The summed E-state index contributed by atoms with van der Waals surface area (Å²) in [5.41, 5.74) is 4.43. The molecule has 0 saturated carbocycles. The summed E-state index contributed by atoms with van der Waals surface area (Å²) >= 11 is 0. The normalized spacial score (nSPS) is 20.5. The molecule has 16 heavy (non-hydrogen) atoms. The molecule has 0 aromatic carbocycles. The Balaban J connectivity index is 2.18. The largest absolute Gasteiger partial charge is 0.349 e. The molecule has 0 radical (unpaired) electrons. The SMILES string of the molecule is C=C1C=C(C2=NN=C(C)C2)CC=CN1CC. The first-order chi connectivity index (χ1) is 7.70. The molecule has 2 aliphatic heterocycles. The average Bonchev–Trinajstić information content (AvgIpc) is 2.59. The van der Waals surface area contributed by atoms with Crippen molar-refractivity contribution in [3.63, 3.8) is 0 Å². The van der Waals surface area contributed by atoms with Crippen molar-refractivity contribution in [1.82, 2.24) is 4.90 Å². The van der Waals surface area contributed by atoms with Crippen LogP contribution < -0.4 is 0 Å². The highest BCUT2D eigenvalue weighted by Crippen LogP contribution is 2.20. The van der Waals surface area contributed by atoms with Gasteiger partial charge in [0.15, 0.2) is 0 Å². The lowest BCUT2D eigenvalue weighted by atomic mass is 10.0. The van der Waals surface area contributed by atoms with E-state index in [2.05, 4.69) is 47.0 Å². The van der Waals surface area contributed by atoms with Crippen molar-refractivity contribution in [2.45, 2.75) is 26.7 Å². The molecule has 84 valence electrons. The fraction of sp³-hybridized carbons (Fsp3) is 0.385. The molecule has 0 atom stereocenters. The van der Waals surface area contributed by atoms with Gasteiger partial charge in [-0.25, -0.2) is 0 Å². The van der Waals surface area contributed by atoms with E-state index in [1.165, 1.54) is 5.57 Å². The first-order valence-electron chi connectivity index (χ1n) is 5.64. The molecule has 0 fully saturated rings. The van der Waals surface area contributed by atoms with E-state index in [0.717, 1.165) is 36.5 Å². The molecule has 0 aliphatic carbocycles. The number of nitrogens with zero attached hydrogens (tertiary/aromatic N) is 3. The molecule has 0 amide bonds. The third-order valence-electron chi connectivity index (χ3n) is 2.81. The van der Waals surface area contributed by atoms with Gasteiger partial charge in [-0.15, -0.1) is 0 Å². The van der Waals surface area contributed by atoms with E-state index >= 15 is 0 Å². The van der Waals surface area contributed by atoms with Crippen molar-refractivity contribution in [2.75, 3.05) is 6.54 Å². The molecule has 0 aromatic rings. The Morgan fingerprint density at radius 3 is 2.88 bits per heavy atom. The maximum absolute atomic E-state index is 4.21. The van der Waals surface area contributed by atoms with Crippen LogP contribution in [0.1, 0.15) is 26.7 Å². The maximum atomic E-state index is 4.21. The van der Waals surface area contributed by atoms with Gasteiger partial charge in [-0.1, -0.05) is 12.7 Å². The van der Waals surface area contributed by atoms with Crippen LogP contribution in [0.3, 0.4) is 0 Å². The number of hydrogen-bond acceptors (Lipinski definition) is 3. The molecule has 0 bridgehead atoms. The molecular weight excluding hydrogens is 198 g/mol. The third-order valence-corrected chi connectivity index (χ3v) is 2.81. The van der Waals surface area contributed by atoms with Crippen LogP contribution in [0.4, 0.5) is 0 Å². The minimum Gasteiger partial charge on any atom is -0.349 e. The molecule has 2 heterocycles. The van der Waals surface area contributed by atoms with E-state index in [9.17, 15) is 0 Å². The summed E-state index contributed by atoms with van der Waals surface area (Å²) in [4.78, 5) is 2.14. The predicted molar refractivity (Wildman–Crippen MR) is 68.5 cm³/mol. The third kappa shape index (κ3) is 2.13. The molecule has 0 spiro atoms. The van der Waals surface area contributed by atoms with Gasteiger partial charge in [-0.3, -0.25) is 0 Å². The standard InChI is InChI=1S/C13H17N3/c1-4-16-7-5-6-12(9-11(16)3)13-8-10(2)14-15-13/h5,7,9H,3-4,6,8H2,1-2H3. The molecule has 2 rings (SSSR count). The second-order valence-corrected chi connectivity index (χ2v) is 4.09. The molecule has 0 aromatic heterocycles. The Morgan fingerprint density at radius 2 is 2.25 bits per heavy atom. The van der Waals surface area contributed by atoms with Crippen LogP contribution in [0.15, 0.2) is 46.4 Å². The van der Waals surface area contributed by atoms with Crippen molar-refractivity contribution in [2.24, 2.45) is 10.2 Å². The van der Waals surface area contributed by atoms with Crippen LogP contribution in [-0.2, 0) is 0 Å². The van der Waals surface area contributed by atoms with E-state index in [0.29, 0.717) is 0 Å². The summed E-state index contributed by atoms with van der Waals surface area (Å²) in [5, 5.41) is 8.29. The van der Waals surface area contributed by atoms with Gasteiger partial charge in [0.25, 0.3) is 0 Å². The first kappa shape index (κ1) is 10.9. The fourth-order valence-corrected chi connectivity index (χ4v) is 1.89. The van der Waals surface area contributed by atoms with Gasteiger partial charge >= 0.3 is 0 Å². The molecule has 0 N–H and O–H groups in total. The van der Waals surface area contributed by atoms with Crippen LogP contribution in [0, 0.1) is 0 Å². The lowest BCUT2D eigenvalue weighted by molar-refractivity contribution is 0.509. The summed E-state index contributed by atoms with van der Waals surface area (Å²) in [5.74, 6) is 0. The summed E-state index contributed by atoms with van der Waals surface area (Å²) < 4.78 is 0. The van der Waals surface area contributed by atoms with E-state index in [-0.39, 0.29) is 0 Å². The van der Waals surface area contributed by atoms with Crippen LogP contribution in [0.25, 0.3) is 0 Å². The minimum absolute atomic E-state index is 0.874. The summed E-state index contributed by atoms with van der Waals surface area (Å²) in [6.07, 6.45) is 8.16. The van der Waals surface area contributed by atoms with Crippen LogP contribution >= 0.6 is 0 Å². The Bertz CT molecular complexity index is 424. The molecule has 3 nitrogen and oxygen atoms in total. The highest BCUT2D eigenvalue weighted by molar-refractivity contribution is 6.14. The molecule has 0 unspecified atom stereocenters. The van der Waals surface area contributed by atoms with Gasteiger partial charge in [-0.2, -0.15) is 10.2 Å². The topological polar surface area (TPSA) is 28.0 Å². The zero-order valence-corrected chi connectivity index (χ0v) is 9.90. The Morgan fingerprint density at radius 1 is 1.44 bits per heavy atom. The van der Waals surface area contributed by atoms with Gasteiger partial charge in [-0.05, 0) is 31.9 Å². The maximum Gasteiger partial charge on any atom is 0.0723 e. The van der Waals surface area contributed by atoms with E-state index in [1.54, 1.807) is 0 Å². The number of likely N-dealkylation sites (N-methyl/N-ethyl adjacent to an activating group) is 1. The second-order valence-electron chi connectivity index (χ2n) is 4.09. The average molecular weight is 215 g/mol. The van der Waals surface area contributed by atoms with Crippen molar-refractivity contribution >= 4 is 11.4 Å². The van der Waals surface area contributed by atoms with Crippen molar-refractivity contribution < 1.29 is 0 Å². The van der Waals surface area contributed by atoms with E-state index < -0.39 is 0 Å². The lowest BCUT2D eigenvalue weighted by Crippen LogP contribution is -2.13. The summed E-state index contributed by atoms with van der Waals surface area (Å²) in [6, 6.07) is 0. The number of rotatable bonds is 2. The molecular formula is C13H17N3. The summed E-state index contributed by atoms with van der Waals surface area (Å²) in [6.45, 7) is 9.15. The van der Waals surface area contributed by atoms with Crippen LogP contribution in [0.2, 0.25) is 0 Å². The quantitative estimate of drug-likeness (QED) is 0.696. The zero-order valence-electron chi connectivity index (χ0n) is 9.90. The first-order valence-corrected chi connectivity index (χ1v) is 5.64. The van der Waals surface area contributed by atoms with Gasteiger partial charge in [0.05, 0.1) is 5.71 Å². The lowest BCUT2D eigenvalue weighted by Gasteiger charge is -2.17. The van der Waals surface area contributed by atoms with Crippen LogP contribution in [0.5, 0.6) is 0 Å². The molecule has 2 aliphatic rings. The predicted octanol–water partition coefficient (Wildman–Crippen LogP) is 2.89. The van der Waals surface area contributed by atoms with Crippen molar-refractivity contribution in [3.05, 3.63) is 36.2 Å². The van der Waals surface area contributed by atoms with Gasteiger partial charge in [0, 0.05) is 30.6 Å². The second kappa shape index (κ2) is 4.47. The highest BCUT2D eigenvalue weighted by atomic mass is 15.2. The number of allylic oxidation sites excluding steroid dienone is 3. The van der Waals surface area contributed by atoms with E-state index in [1.807, 2.05) is 6.92 Å². The van der Waals surface area contributed by atoms with Crippen LogP contribution in [-0.4, -0.2) is 22.9 Å². The Labute approximate surface area is 96.6 Å². The minimum atomic E-state index is 0.874. The van der Waals surface area contributed by atoms with Gasteiger partial charge in [0.2, 0.25) is 0 Å². The number of hydrogen-bond donors (Lipinski definition) is 0. The van der Waals surface area contributed by atoms with Gasteiger partial charge < -0.3 is 4.90 Å². The Kier molecular flexibility index (Phi) is 3.04. The Hall–Kier alpha value is -1.64. The van der Waals surface area contributed by atoms with E-state index in [4.69, 9.17) is 0 Å². The van der Waals surface area contributed by atoms with Gasteiger partial charge in [0.1, 0.15) is 0 Å². The smallest absolute Gasteiger partial charge is 0.0723 e.